The molecule has 0 aromatic heterocycles. The maximum absolute atomic E-state index is 13.5. The van der Waals surface area contributed by atoms with Crippen LogP contribution in [0.15, 0.2) is 18.2 Å². The first-order valence-electron chi connectivity index (χ1n) is 6.63. The average molecular weight is 286 g/mol. The molecule has 104 valence electrons. The molecule has 3 nitrogen and oxygen atoms in total. The first-order chi connectivity index (χ1) is 9.04. The van der Waals surface area contributed by atoms with E-state index in [-0.39, 0.29) is 11.6 Å². The number of rotatable bonds is 3. The van der Waals surface area contributed by atoms with Crippen molar-refractivity contribution in [3.63, 3.8) is 0 Å². The molecule has 0 spiro atoms. The Kier molecular flexibility index (Phi) is 4.77. The number of piperidine rings is 1. The van der Waals surface area contributed by atoms with E-state index in [1.165, 1.54) is 17.0 Å². The zero-order chi connectivity index (χ0) is 13.8. The largest absolute Gasteiger partial charge is 0.327 e. The lowest BCUT2D eigenvalue weighted by Crippen LogP contribution is -3.14. The second kappa shape index (κ2) is 6.35. The number of hydrogen-bond acceptors (Lipinski definition) is 1. The highest BCUT2D eigenvalue weighted by Gasteiger charge is 2.21. The van der Waals surface area contributed by atoms with Crippen molar-refractivity contribution in [2.75, 3.05) is 25.0 Å². The fourth-order valence-corrected chi connectivity index (χ4v) is 2.52. The van der Waals surface area contributed by atoms with Gasteiger partial charge in [-0.05, 0) is 37.0 Å². The normalized spacial score (nSPS) is 23.1. The van der Waals surface area contributed by atoms with E-state index in [1.807, 2.05) is 0 Å². The van der Waals surface area contributed by atoms with Crippen LogP contribution in [0.2, 0.25) is 5.02 Å². The average Bonchev–Trinajstić information content (AvgIpc) is 2.36. The highest BCUT2D eigenvalue weighted by Crippen LogP contribution is 2.18. The molecule has 1 aromatic rings. The molecule has 0 unspecified atom stereocenters. The van der Waals surface area contributed by atoms with Crippen LogP contribution in [-0.4, -0.2) is 25.5 Å². The van der Waals surface area contributed by atoms with E-state index >= 15 is 0 Å². The van der Waals surface area contributed by atoms with Gasteiger partial charge in [-0.1, -0.05) is 18.5 Å². The van der Waals surface area contributed by atoms with Crippen molar-refractivity contribution in [1.82, 2.24) is 0 Å². The fourth-order valence-electron chi connectivity index (χ4n) is 2.36. The number of carbonyl (C=O) groups excluding carboxylic acids is 1. The summed E-state index contributed by atoms with van der Waals surface area (Å²) in [5.41, 5.74) is 0.194. The number of nitrogens with one attached hydrogen (secondary N) is 2. The minimum absolute atomic E-state index is 0.147. The summed E-state index contributed by atoms with van der Waals surface area (Å²) in [4.78, 5) is 13.1. The molecule has 0 bridgehead atoms. The Hall–Kier alpha value is -1.13. The number of halogens is 2. The molecule has 1 saturated heterocycles. The maximum atomic E-state index is 13.5. The van der Waals surface area contributed by atoms with Crippen LogP contribution in [0, 0.1) is 11.7 Å². The van der Waals surface area contributed by atoms with Gasteiger partial charge in [0.1, 0.15) is 5.82 Å². The predicted octanol–water partition coefficient (Wildman–Crippen LogP) is 1.73. The van der Waals surface area contributed by atoms with Gasteiger partial charge >= 0.3 is 0 Å². The monoisotopic (exact) mass is 285 g/mol. The summed E-state index contributed by atoms with van der Waals surface area (Å²) in [7, 11) is 0. The Morgan fingerprint density at radius 1 is 1.47 bits per heavy atom. The number of carbonyl (C=O) groups is 1. The number of benzene rings is 1. The lowest BCUT2D eigenvalue weighted by molar-refractivity contribution is -0.897. The molecule has 19 heavy (non-hydrogen) atoms. The van der Waals surface area contributed by atoms with E-state index in [4.69, 9.17) is 11.6 Å². The molecule has 2 N–H and O–H groups in total. The smallest absolute Gasteiger partial charge is 0.279 e. The molecule has 0 aliphatic carbocycles. The van der Waals surface area contributed by atoms with Crippen LogP contribution in [0.3, 0.4) is 0 Å². The van der Waals surface area contributed by atoms with E-state index in [9.17, 15) is 9.18 Å². The SMILES string of the molecule is CC1CC[NH+](CC(=O)Nc2ccc(Cl)cc2F)CC1. The summed E-state index contributed by atoms with van der Waals surface area (Å²) < 4.78 is 13.5. The zero-order valence-corrected chi connectivity index (χ0v) is 11.8. The first-order valence-corrected chi connectivity index (χ1v) is 7.01. The van der Waals surface area contributed by atoms with E-state index in [0.29, 0.717) is 11.6 Å². The number of amides is 1. The van der Waals surface area contributed by atoms with Crippen LogP contribution < -0.4 is 10.2 Å². The van der Waals surface area contributed by atoms with Crippen molar-refractivity contribution in [1.29, 1.82) is 0 Å². The summed E-state index contributed by atoms with van der Waals surface area (Å²) in [6, 6.07) is 4.26. The van der Waals surface area contributed by atoms with Gasteiger partial charge in [-0.15, -0.1) is 0 Å². The molecule has 2 rings (SSSR count). The molecule has 0 saturated carbocycles. The van der Waals surface area contributed by atoms with E-state index in [0.717, 1.165) is 31.8 Å². The van der Waals surface area contributed by atoms with Crippen molar-refractivity contribution < 1.29 is 14.1 Å². The van der Waals surface area contributed by atoms with Crippen molar-refractivity contribution in [2.24, 2.45) is 5.92 Å². The van der Waals surface area contributed by atoms with E-state index in [2.05, 4.69) is 12.2 Å². The van der Waals surface area contributed by atoms with Gasteiger partial charge in [0.15, 0.2) is 6.54 Å². The van der Waals surface area contributed by atoms with Crippen LogP contribution in [0.1, 0.15) is 19.8 Å². The van der Waals surface area contributed by atoms with Gasteiger partial charge in [-0.3, -0.25) is 4.79 Å². The van der Waals surface area contributed by atoms with Gasteiger partial charge in [0, 0.05) is 5.02 Å². The molecule has 1 fully saturated rings. The van der Waals surface area contributed by atoms with Crippen LogP contribution in [0.4, 0.5) is 10.1 Å². The highest BCUT2D eigenvalue weighted by atomic mass is 35.5. The lowest BCUT2D eigenvalue weighted by Gasteiger charge is -2.26. The van der Waals surface area contributed by atoms with Gasteiger partial charge in [-0.25, -0.2) is 4.39 Å². The maximum Gasteiger partial charge on any atom is 0.279 e. The van der Waals surface area contributed by atoms with Gasteiger partial charge in [0.25, 0.3) is 5.91 Å². The predicted molar refractivity (Wildman–Crippen MR) is 74.0 cm³/mol. The van der Waals surface area contributed by atoms with Gasteiger partial charge in [-0.2, -0.15) is 0 Å². The van der Waals surface area contributed by atoms with Crippen LogP contribution in [0.25, 0.3) is 0 Å². The number of likely N-dealkylation sites (tertiary alicyclic amines) is 1. The van der Waals surface area contributed by atoms with Crippen LogP contribution >= 0.6 is 11.6 Å². The van der Waals surface area contributed by atoms with Crippen molar-refractivity contribution in [2.45, 2.75) is 19.8 Å². The first kappa shape index (κ1) is 14.3. The summed E-state index contributed by atoms with van der Waals surface area (Å²) in [6.07, 6.45) is 2.30. The van der Waals surface area contributed by atoms with Gasteiger partial charge in [0.2, 0.25) is 0 Å². The Morgan fingerprint density at radius 3 is 2.79 bits per heavy atom. The number of anilines is 1. The molecule has 1 aliphatic heterocycles. The molecule has 1 heterocycles. The van der Waals surface area contributed by atoms with Gasteiger partial charge < -0.3 is 10.2 Å². The summed E-state index contributed by atoms with van der Waals surface area (Å²) >= 11 is 5.67. The minimum Gasteiger partial charge on any atom is -0.327 e. The molecule has 5 heteroatoms. The summed E-state index contributed by atoms with van der Waals surface area (Å²) in [6.45, 7) is 4.66. The Balaban J connectivity index is 1.87. The topological polar surface area (TPSA) is 33.5 Å². The third kappa shape index (κ3) is 4.18. The zero-order valence-electron chi connectivity index (χ0n) is 11.0. The van der Waals surface area contributed by atoms with Crippen molar-refractivity contribution in [3.05, 3.63) is 29.0 Å². The van der Waals surface area contributed by atoms with E-state index < -0.39 is 5.82 Å². The fraction of sp³-hybridized carbons (Fsp3) is 0.500. The van der Waals surface area contributed by atoms with Crippen LogP contribution in [-0.2, 0) is 4.79 Å². The quantitative estimate of drug-likeness (QED) is 0.871. The summed E-state index contributed by atoms with van der Waals surface area (Å²) in [5.74, 6) is 0.106. The Labute approximate surface area is 117 Å². The molecule has 1 aromatic carbocycles. The van der Waals surface area contributed by atoms with Crippen molar-refractivity contribution >= 4 is 23.2 Å². The molecule has 1 amide bonds. The lowest BCUT2D eigenvalue weighted by atomic mass is 9.99. The molecule has 0 radical (unpaired) electrons. The molecule has 0 atom stereocenters. The standard InChI is InChI=1S/C14H18ClFN2O/c1-10-4-6-18(7-5-10)9-14(19)17-13-3-2-11(15)8-12(13)16/h2-3,8,10H,4-7,9H2,1H3,(H,17,19)/p+1. The minimum atomic E-state index is -0.497. The van der Waals surface area contributed by atoms with E-state index in [1.54, 1.807) is 6.07 Å². The second-order valence-electron chi connectivity index (χ2n) is 5.28. The number of hydrogen-bond donors (Lipinski definition) is 2. The van der Waals surface area contributed by atoms with Gasteiger partial charge in [0.05, 0.1) is 18.8 Å². The molecule has 1 aliphatic rings. The molecular formula is C14H19ClFN2O+. The second-order valence-corrected chi connectivity index (χ2v) is 5.72. The Morgan fingerprint density at radius 2 is 2.16 bits per heavy atom. The number of quaternary nitrogens is 1. The molecular weight excluding hydrogens is 267 g/mol. The third-order valence-corrected chi connectivity index (χ3v) is 3.83. The highest BCUT2D eigenvalue weighted by molar-refractivity contribution is 6.30. The summed E-state index contributed by atoms with van der Waals surface area (Å²) in [5, 5.41) is 2.93. The van der Waals surface area contributed by atoms with Crippen LogP contribution in [0.5, 0.6) is 0 Å². The van der Waals surface area contributed by atoms with Crippen molar-refractivity contribution in [3.8, 4) is 0 Å². The third-order valence-electron chi connectivity index (χ3n) is 3.60. The Bertz CT molecular complexity index is 459.